The first-order valence-electron chi connectivity index (χ1n) is 8.10. The Bertz CT molecular complexity index is 910. The zero-order chi connectivity index (χ0) is 18.4. The molecule has 0 aliphatic carbocycles. The van der Waals surface area contributed by atoms with Crippen LogP contribution in [0.1, 0.15) is 25.6 Å². The average molecular weight is 385 g/mol. The first-order chi connectivity index (χ1) is 12.6. The van der Waals surface area contributed by atoms with Crippen LogP contribution in [0.25, 0.3) is 0 Å². The maximum atomic E-state index is 12.5. The largest absolute Gasteiger partial charge is 0.352 e. The lowest BCUT2D eigenvalue weighted by atomic mass is 10.1. The van der Waals surface area contributed by atoms with E-state index in [-0.39, 0.29) is 11.8 Å². The van der Waals surface area contributed by atoms with Crippen molar-refractivity contribution in [2.24, 2.45) is 0 Å². The molecule has 0 atom stereocenters. The van der Waals surface area contributed by atoms with Gasteiger partial charge in [-0.25, -0.2) is 0 Å². The second kappa shape index (κ2) is 8.65. The Balaban J connectivity index is 1.63. The van der Waals surface area contributed by atoms with Crippen molar-refractivity contribution in [3.63, 3.8) is 0 Å². The highest BCUT2D eigenvalue weighted by Gasteiger charge is 2.14. The first kappa shape index (κ1) is 18.2. The van der Waals surface area contributed by atoms with Gasteiger partial charge in [-0.1, -0.05) is 41.9 Å². The molecule has 6 heteroatoms. The molecule has 0 spiro atoms. The normalized spacial score (nSPS) is 10.3. The lowest BCUT2D eigenvalue weighted by Crippen LogP contribution is -2.27. The fraction of sp³-hybridized carbons (Fsp3) is 0.100. The van der Waals surface area contributed by atoms with E-state index in [2.05, 4.69) is 10.6 Å². The van der Waals surface area contributed by atoms with Crippen LogP contribution in [0.5, 0.6) is 0 Å². The minimum absolute atomic E-state index is 0.223. The van der Waals surface area contributed by atoms with Crippen molar-refractivity contribution < 1.29 is 9.59 Å². The SMILES string of the molecule is O=C(Nc1ccccc1C(=O)NCCc1cccc(Cl)c1)c1cccs1. The maximum absolute atomic E-state index is 12.5. The number of anilines is 1. The number of nitrogens with one attached hydrogen (secondary N) is 2. The number of thiophene rings is 1. The van der Waals surface area contributed by atoms with Gasteiger partial charge < -0.3 is 10.6 Å². The minimum atomic E-state index is -0.228. The van der Waals surface area contributed by atoms with Crippen molar-refractivity contribution in [2.45, 2.75) is 6.42 Å². The van der Waals surface area contributed by atoms with E-state index in [1.54, 1.807) is 30.3 Å². The molecule has 0 aliphatic rings. The van der Waals surface area contributed by atoms with Gasteiger partial charge in [0.2, 0.25) is 0 Å². The molecule has 3 rings (SSSR count). The number of amides is 2. The molecule has 1 heterocycles. The summed E-state index contributed by atoms with van der Waals surface area (Å²) in [5.74, 6) is -0.451. The summed E-state index contributed by atoms with van der Waals surface area (Å²) in [6.07, 6.45) is 0.677. The minimum Gasteiger partial charge on any atom is -0.352 e. The molecule has 132 valence electrons. The standard InChI is InChI=1S/C20H17ClN2O2S/c21-15-6-3-5-14(13-15)10-11-22-19(24)16-7-1-2-8-17(16)23-20(25)18-9-4-12-26-18/h1-9,12-13H,10-11H2,(H,22,24)(H,23,25). The molecule has 2 N–H and O–H groups in total. The van der Waals surface area contributed by atoms with Crippen molar-refractivity contribution in [1.82, 2.24) is 5.32 Å². The van der Waals surface area contributed by atoms with Gasteiger partial charge in [0.1, 0.15) is 0 Å². The Morgan fingerprint density at radius 1 is 0.962 bits per heavy atom. The van der Waals surface area contributed by atoms with Crippen LogP contribution in [0.4, 0.5) is 5.69 Å². The van der Waals surface area contributed by atoms with E-state index < -0.39 is 0 Å². The first-order valence-corrected chi connectivity index (χ1v) is 9.36. The Morgan fingerprint density at radius 3 is 2.58 bits per heavy atom. The number of para-hydroxylation sites is 1. The summed E-state index contributed by atoms with van der Waals surface area (Å²) in [6, 6.07) is 18.1. The van der Waals surface area contributed by atoms with Gasteiger partial charge in [0.15, 0.2) is 0 Å². The van der Waals surface area contributed by atoms with E-state index >= 15 is 0 Å². The van der Waals surface area contributed by atoms with Crippen molar-refractivity contribution in [1.29, 1.82) is 0 Å². The molecule has 0 saturated carbocycles. The number of hydrogen-bond donors (Lipinski definition) is 2. The summed E-state index contributed by atoms with van der Waals surface area (Å²) in [4.78, 5) is 25.3. The highest BCUT2D eigenvalue weighted by atomic mass is 35.5. The van der Waals surface area contributed by atoms with Crippen LogP contribution in [-0.2, 0) is 6.42 Å². The van der Waals surface area contributed by atoms with Crippen molar-refractivity contribution in [3.8, 4) is 0 Å². The van der Waals surface area contributed by atoms with Crippen LogP contribution >= 0.6 is 22.9 Å². The van der Waals surface area contributed by atoms with Crippen LogP contribution in [0.3, 0.4) is 0 Å². The number of carbonyl (C=O) groups is 2. The summed E-state index contributed by atoms with van der Waals surface area (Å²) in [6.45, 7) is 0.479. The highest BCUT2D eigenvalue weighted by molar-refractivity contribution is 7.12. The Hall–Kier alpha value is -2.63. The molecule has 0 radical (unpaired) electrons. The van der Waals surface area contributed by atoms with Crippen LogP contribution in [-0.4, -0.2) is 18.4 Å². The van der Waals surface area contributed by atoms with Crippen LogP contribution < -0.4 is 10.6 Å². The third kappa shape index (κ3) is 4.71. The molecule has 0 fully saturated rings. The van der Waals surface area contributed by atoms with E-state index in [0.717, 1.165) is 5.56 Å². The number of rotatable bonds is 6. The highest BCUT2D eigenvalue weighted by Crippen LogP contribution is 2.18. The predicted molar refractivity (Wildman–Crippen MR) is 106 cm³/mol. The predicted octanol–water partition coefficient (Wildman–Crippen LogP) is 4.63. The molecule has 0 unspecified atom stereocenters. The quantitative estimate of drug-likeness (QED) is 0.651. The van der Waals surface area contributed by atoms with Gasteiger partial charge in [0, 0.05) is 11.6 Å². The third-order valence-electron chi connectivity index (χ3n) is 3.75. The monoisotopic (exact) mass is 384 g/mol. The summed E-state index contributed by atoms with van der Waals surface area (Å²) in [5.41, 5.74) is 1.98. The molecule has 0 aliphatic heterocycles. The Morgan fingerprint density at radius 2 is 1.81 bits per heavy atom. The zero-order valence-electron chi connectivity index (χ0n) is 13.9. The topological polar surface area (TPSA) is 58.2 Å². The van der Waals surface area contributed by atoms with Crippen molar-refractivity contribution in [2.75, 3.05) is 11.9 Å². The number of halogens is 1. The second-order valence-electron chi connectivity index (χ2n) is 5.61. The van der Waals surface area contributed by atoms with E-state index in [9.17, 15) is 9.59 Å². The van der Waals surface area contributed by atoms with Crippen LogP contribution in [0.15, 0.2) is 66.0 Å². The van der Waals surface area contributed by atoms with Crippen LogP contribution in [0.2, 0.25) is 5.02 Å². The van der Waals surface area contributed by atoms with Crippen LogP contribution in [0, 0.1) is 0 Å². The van der Waals surface area contributed by atoms with Gasteiger partial charge in [-0.2, -0.15) is 0 Å². The molecule has 3 aromatic rings. The number of benzene rings is 2. The molecule has 0 bridgehead atoms. The Labute approximate surface area is 160 Å². The second-order valence-corrected chi connectivity index (χ2v) is 7.00. The number of carbonyl (C=O) groups excluding carboxylic acids is 2. The Kier molecular flexibility index (Phi) is 6.04. The van der Waals surface area contributed by atoms with Crippen molar-refractivity contribution in [3.05, 3.63) is 87.1 Å². The van der Waals surface area contributed by atoms with E-state index in [1.165, 1.54) is 11.3 Å². The summed E-state index contributed by atoms with van der Waals surface area (Å²) >= 11 is 7.32. The number of hydrogen-bond acceptors (Lipinski definition) is 3. The summed E-state index contributed by atoms with van der Waals surface area (Å²) in [7, 11) is 0. The van der Waals surface area contributed by atoms with Crippen molar-refractivity contribution >= 4 is 40.4 Å². The van der Waals surface area contributed by atoms with Gasteiger partial charge in [0.05, 0.1) is 16.1 Å². The molecule has 2 amide bonds. The maximum Gasteiger partial charge on any atom is 0.265 e. The van der Waals surface area contributed by atoms with Gasteiger partial charge in [0.25, 0.3) is 11.8 Å². The molecular weight excluding hydrogens is 368 g/mol. The smallest absolute Gasteiger partial charge is 0.265 e. The lowest BCUT2D eigenvalue weighted by molar-refractivity contribution is 0.0955. The van der Waals surface area contributed by atoms with Gasteiger partial charge >= 0.3 is 0 Å². The molecule has 1 aromatic heterocycles. The molecule has 0 saturated heterocycles. The average Bonchev–Trinajstić information content (AvgIpc) is 3.17. The molecule has 26 heavy (non-hydrogen) atoms. The lowest BCUT2D eigenvalue weighted by Gasteiger charge is -2.11. The summed E-state index contributed by atoms with van der Waals surface area (Å²) < 4.78 is 0. The molecule has 2 aromatic carbocycles. The summed E-state index contributed by atoms with van der Waals surface area (Å²) in [5, 5.41) is 8.20. The molecule has 4 nitrogen and oxygen atoms in total. The van der Waals surface area contributed by atoms with Gasteiger partial charge in [-0.05, 0) is 47.7 Å². The van der Waals surface area contributed by atoms with Gasteiger partial charge in [-0.3, -0.25) is 9.59 Å². The fourth-order valence-corrected chi connectivity index (χ4v) is 3.32. The van der Waals surface area contributed by atoms with Gasteiger partial charge in [-0.15, -0.1) is 11.3 Å². The zero-order valence-corrected chi connectivity index (χ0v) is 15.4. The van der Waals surface area contributed by atoms with E-state index in [0.29, 0.717) is 34.1 Å². The van der Waals surface area contributed by atoms with E-state index in [4.69, 9.17) is 11.6 Å². The third-order valence-corrected chi connectivity index (χ3v) is 4.86. The molecular formula is C20H17ClN2O2S. The van der Waals surface area contributed by atoms with E-state index in [1.807, 2.05) is 35.7 Å². The fourth-order valence-electron chi connectivity index (χ4n) is 2.49.